The van der Waals surface area contributed by atoms with Crippen molar-refractivity contribution < 1.29 is 9.90 Å². The fourth-order valence-corrected chi connectivity index (χ4v) is 3.30. The molecule has 156 valence electrons. The smallest absolute Gasteiger partial charge is 0.284 e. The summed E-state index contributed by atoms with van der Waals surface area (Å²) in [6.45, 7) is 3.18. The minimum absolute atomic E-state index is 0.140. The molecule has 9 heteroatoms. The van der Waals surface area contributed by atoms with Crippen LogP contribution in [0.15, 0.2) is 53.3 Å². The molecule has 1 amide bonds. The van der Waals surface area contributed by atoms with Crippen molar-refractivity contribution >= 4 is 40.7 Å². The molecule has 2 atom stereocenters. The van der Waals surface area contributed by atoms with Crippen LogP contribution in [0.5, 0.6) is 0 Å². The summed E-state index contributed by atoms with van der Waals surface area (Å²) >= 11 is 18.1. The molecule has 0 saturated heterocycles. The number of halogens is 3. The number of aliphatic hydroxyl groups is 1. The van der Waals surface area contributed by atoms with E-state index in [1.54, 1.807) is 38.1 Å². The maximum absolute atomic E-state index is 13.1. The van der Waals surface area contributed by atoms with Crippen molar-refractivity contribution in [2.75, 3.05) is 0 Å². The molecule has 2 aromatic carbocycles. The predicted molar refractivity (Wildman–Crippen MR) is 119 cm³/mol. The van der Waals surface area contributed by atoms with Gasteiger partial charge in [0.05, 0.1) is 23.5 Å². The van der Waals surface area contributed by atoms with Crippen molar-refractivity contribution in [2.45, 2.75) is 26.0 Å². The number of aliphatic hydroxyl groups excluding tert-OH is 1. The van der Waals surface area contributed by atoms with Crippen LogP contribution in [0.1, 0.15) is 24.2 Å². The Balaban J connectivity index is 2.20. The number of benzene rings is 2. The molecule has 2 N–H and O–H groups in total. The van der Waals surface area contributed by atoms with E-state index in [2.05, 4.69) is 10.4 Å². The fourth-order valence-electron chi connectivity index (χ4n) is 2.66. The van der Waals surface area contributed by atoms with E-state index >= 15 is 0 Å². The second-order valence-corrected chi connectivity index (χ2v) is 8.11. The lowest BCUT2D eigenvalue weighted by Gasteiger charge is -2.17. The van der Waals surface area contributed by atoms with Crippen LogP contribution in [-0.2, 0) is 0 Å². The summed E-state index contributed by atoms with van der Waals surface area (Å²) in [6.07, 6.45) is -0.791. The lowest BCUT2D eigenvalue weighted by Crippen LogP contribution is -2.42. The molecule has 1 heterocycles. The third-order valence-electron chi connectivity index (χ3n) is 4.47. The van der Waals surface area contributed by atoms with Crippen molar-refractivity contribution in [2.24, 2.45) is 0 Å². The third-order valence-corrected chi connectivity index (χ3v) is 5.16. The fraction of sp³-hybridized carbons (Fsp3) is 0.190. The molecule has 1 aromatic heterocycles. The molecule has 0 fully saturated rings. The molecule has 0 bridgehead atoms. The van der Waals surface area contributed by atoms with Gasteiger partial charge in [-0.25, -0.2) is 0 Å². The van der Waals surface area contributed by atoms with E-state index in [0.29, 0.717) is 32.0 Å². The first-order valence-electron chi connectivity index (χ1n) is 9.01. The van der Waals surface area contributed by atoms with Crippen molar-refractivity contribution in [1.29, 1.82) is 0 Å². The van der Waals surface area contributed by atoms with Gasteiger partial charge in [-0.15, -0.1) is 0 Å². The molecule has 0 radical (unpaired) electrons. The molecule has 0 saturated carbocycles. The van der Waals surface area contributed by atoms with E-state index < -0.39 is 23.6 Å². The van der Waals surface area contributed by atoms with Crippen molar-refractivity contribution in [3.63, 3.8) is 0 Å². The van der Waals surface area contributed by atoms with Crippen LogP contribution < -0.4 is 10.9 Å². The van der Waals surface area contributed by atoms with Gasteiger partial charge >= 0.3 is 0 Å². The molecular weight excluding hydrogens is 449 g/mol. The molecule has 3 aromatic rings. The van der Waals surface area contributed by atoms with Crippen molar-refractivity contribution in [3.8, 4) is 16.9 Å². The zero-order chi connectivity index (χ0) is 22.0. The molecule has 1 unspecified atom stereocenters. The van der Waals surface area contributed by atoms with Crippen molar-refractivity contribution in [3.05, 3.63) is 79.5 Å². The predicted octanol–water partition coefficient (Wildman–Crippen LogP) is 4.36. The highest BCUT2D eigenvalue weighted by atomic mass is 35.5. The number of hydrogen-bond donors (Lipinski definition) is 2. The summed E-state index contributed by atoms with van der Waals surface area (Å²) in [4.78, 5) is 25.9. The Hall–Kier alpha value is -2.38. The Kier molecular flexibility index (Phi) is 6.83. The topological polar surface area (TPSA) is 84.2 Å². The lowest BCUT2D eigenvalue weighted by molar-refractivity contribution is 0.0871. The summed E-state index contributed by atoms with van der Waals surface area (Å²) in [5, 5.41) is 17.9. The van der Waals surface area contributed by atoms with Crippen LogP contribution >= 0.6 is 34.8 Å². The van der Waals surface area contributed by atoms with E-state index in [0.717, 1.165) is 4.68 Å². The Morgan fingerprint density at radius 3 is 2.17 bits per heavy atom. The van der Waals surface area contributed by atoms with Crippen LogP contribution in [0.4, 0.5) is 0 Å². The second kappa shape index (κ2) is 9.18. The quantitative estimate of drug-likeness (QED) is 0.585. The number of hydrogen-bond acceptors (Lipinski definition) is 4. The second-order valence-electron chi connectivity index (χ2n) is 6.80. The first-order valence-corrected chi connectivity index (χ1v) is 10.1. The molecular formula is C21H18Cl3N3O3. The van der Waals surface area contributed by atoms with Gasteiger partial charge in [-0.05, 0) is 50.2 Å². The van der Waals surface area contributed by atoms with E-state index in [-0.39, 0.29) is 5.56 Å². The molecule has 0 aliphatic rings. The number of rotatable bonds is 5. The Labute approximate surface area is 188 Å². The summed E-state index contributed by atoms with van der Waals surface area (Å²) in [6, 6.07) is 12.2. The summed E-state index contributed by atoms with van der Waals surface area (Å²) in [7, 11) is 0. The summed E-state index contributed by atoms with van der Waals surface area (Å²) < 4.78 is 1.07. The Morgan fingerprint density at radius 2 is 1.60 bits per heavy atom. The standard InChI is InChI=1S/C21H18Cl3N3O3/c1-11(12(2)28)25-20(29)18-10-19(13-3-5-14(22)6-4-13)26-27(21(18)30)17-8-15(23)7-16(24)9-17/h3-12,28H,1-2H3,(H,25,29)/t11-,12?/m0/s1. The van der Waals surface area contributed by atoms with Crippen LogP contribution in [0, 0.1) is 0 Å². The molecule has 6 nitrogen and oxygen atoms in total. The summed E-state index contributed by atoms with van der Waals surface area (Å²) in [5.41, 5.74) is 0.543. The molecule has 0 aliphatic heterocycles. The number of aromatic nitrogens is 2. The van der Waals surface area contributed by atoms with Crippen molar-refractivity contribution in [1.82, 2.24) is 15.1 Å². The van der Waals surface area contributed by atoms with Gasteiger partial charge in [0.15, 0.2) is 0 Å². The normalized spacial score (nSPS) is 13.0. The highest BCUT2D eigenvalue weighted by Gasteiger charge is 2.20. The SMILES string of the molecule is CC(O)[C@H](C)NC(=O)c1cc(-c2ccc(Cl)cc2)nn(-c2cc(Cl)cc(Cl)c2)c1=O. The highest BCUT2D eigenvalue weighted by Crippen LogP contribution is 2.23. The maximum atomic E-state index is 13.1. The van der Waals surface area contributed by atoms with Gasteiger partial charge in [0, 0.05) is 20.6 Å². The van der Waals surface area contributed by atoms with Crippen LogP contribution in [0.25, 0.3) is 16.9 Å². The van der Waals surface area contributed by atoms with E-state index in [1.165, 1.54) is 24.3 Å². The van der Waals surface area contributed by atoms with Crippen LogP contribution in [-0.4, -0.2) is 32.9 Å². The average molecular weight is 467 g/mol. The van der Waals surface area contributed by atoms with E-state index in [4.69, 9.17) is 34.8 Å². The van der Waals surface area contributed by atoms with Gasteiger partial charge in [0.2, 0.25) is 0 Å². The number of carbonyl (C=O) groups excluding carboxylic acids is 1. The largest absolute Gasteiger partial charge is 0.391 e. The zero-order valence-corrected chi connectivity index (χ0v) is 18.3. The van der Waals surface area contributed by atoms with Crippen LogP contribution in [0.3, 0.4) is 0 Å². The first kappa shape index (κ1) is 22.3. The van der Waals surface area contributed by atoms with Crippen LogP contribution in [0.2, 0.25) is 15.1 Å². The first-order chi connectivity index (χ1) is 14.2. The monoisotopic (exact) mass is 465 g/mol. The van der Waals surface area contributed by atoms with E-state index in [9.17, 15) is 14.7 Å². The number of carbonyl (C=O) groups is 1. The molecule has 0 aliphatic carbocycles. The van der Waals surface area contributed by atoms with Gasteiger partial charge < -0.3 is 10.4 Å². The highest BCUT2D eigenvalue weighted by molar-refractivity contribution is 6.34. The number of nitrogens with zero attached hydrogens (tertiary/aromatic N) is 2. The minimum atomic E-state index is -0.791. The van der Waals surface area contributed by atoms with Gasteiger partial charge in [-0.3, -0.25) is 9.59 Å². The lowest BCUT2D eigenvalue weighted by atomic mass is 10.1. The minimum Gasteiger partial charge on any atom is -0.391 e. The molecule has 30 heavy (non-hydrogen) atoms. The molecule has 0 spiro atoms. The van der Waals surface area contributed by atoms with Gasteiger partial charge in [0.25, 0.3) is 11.5 Å². The van der Waals surface area contributed by atoms with Gasteiger partial charge in [0.1, 0.15) is 5.56 Å². The molecule has 3 rings (SSSR count). The average Bonchev–Trinajstić information content (AvgIpc) is 2.67. The number of nitrogens with one attached hydrogen (secondary N) is 1. The van der Waals surface area contributed by atoms with Gasteiger partial charge in [-0.2, -0.15) is 9.78 Å². The number of amides is 1. The summed E-state index contributed by atoms with van der Waals surface area (Å²) in [5.74, 6) is -0.632. The van der Waals surface area contributed by atoms with Gasteiger partial charge in [-0.1, -0.05) is 46.9 Å². The Bertz CT molecular complexity index is 1120. The zero-order valence-electron chi connectivity index (χ0n) is 16.1. The Morgan fingerprint density at radius 1 is 1.00 bits per heavy atom. The third kappa shape index (κ3) is 5.02. The van der Waals surface area contributed by atoms with E-state index in [1.807, 2.05) is 0 Å². The maximum Gasteiger partial charge on any atom is 0.284 e.